The first kappa shape index (κ1) is 24.4. The Morgan fingerprint density at radius 2 is 1.52 bits per heavy atom. The number of nitrogens with one attached hydrogen (secondary N) is 1. The molecular weight excluding hydrogens is 423 g/mol. The Balaban J connectivity index is 2.26. The molecule has 1 N–H and O–H groups in total. The van der Waals surface area contributed by atoms with Crippen molar-refractivity contribution in [2.75, 3.05) is 0 Å². The lowest BCUT2D eigenvalue weighted by molar-refractivity contribution is -0.384. The molecular formula is C21H27N2O7P. The molecule has 0 heterocycles. The van der Waals surface area contributed by atoms with E-state index in [2.05, 4.69) is 5.09 Å². The molecule has 10 heteroatoms. The smallest absolute Gasteiger partial charge is 0.461 e. The number of ether oxygens (including phenoxy) is 1. The van der Waals surface area contributed by atoms with E-state index in [-0.39, 0.29) is 29.7 Å². The molecule has 0 aliphatic carbocycles. The molecule has 2 rings (SSSR count). The molecule has 0 fully saturated rings. The lowest BCUT2D eigenvalue weighted by atomic mass is 10.2. The van der Waals surface area contributed by atoms with E-state index >= 15 is 0 Å². The summed E-state index contributed by atoms with van der Waals surface area (Å²) in [6.45, 7) is 5.57. The third kappa shape index (κ3) is 7.38. The Morgan fingerprint density at radius 1 is 0.968 bits per heavy atom. The molecule has 0 radical (unpaired) electrons. The van der Waals surface area contributed by atoms with Crippen molar-refractivity contribution in [2.45, 2.75) is 52.2 Å². The van der Waals surface area contributed by atoms with Gasteiger partial charge in [0.2, 0.25) is 0 Å². The number of benzene rings is 2. The van der Waals surface area contributed by atoms with Crippen LogP contribution in [0.5, 0.6) is 11.5 Å². The molecule has 0 saturated carbocycles. The number of nitrogens with zero attached hydrogens (tertiary/aromatic N) is 1. The summed E-state index contributed by atoms with van der Waals surface area (Å²) >= 11 is 0. The summed E-state index contributed by atoms with van der Waals surface area (Å²) in [5.41, 5.74) is -0.140. The Bertz CT molecular complexity index is 902. The van der Waals surface area contributed by atoms with Crippen LogP contribution in [0.1, 0.15) is 40.0 Å². The number of nitro benzene ring substituents is 1. The number of para-hydroxylation sites is 1. The van der Waals surface area contributed by atoms with Gasteiger partial charge in [-0.25, -0.2) is 4.57 Å². The molecule has 168 valence electrons. The average molecular weight is 450 g/mol. The predicted molar refractivity (Wildman–Crippen MR) is 116 cm³/mol. The molecule has 2 aromatic rings. The van der Waals surface area contributed by atoms with Crippen LogP contribution < -0.4 is 14.1 Å². The lowest BCUT2D eigenvalue weighted by Gasteiger charge is -2.25. The number of carbonyl (C=O) groups is 1. The van der Waals surface area contributed by atoms with Gasteiger partial charge in [-0.2, -0.15) is 5.09 Å². The zero-order valence-electron chi connectivity index (χ0n) is 17.7. The molecule has 0 bridgehead atoms. The normalized spacial score (nSPS) is 13.8. The van der Waals surface area contributed by atoms with Gasteiger partial charge in [0.15, 0.2) is 0 Å². The second-order valence-corrected chi connectivity index (χ2v) is 8.33. The van der Waals surface area contributed by atoms with Crippen molar-refractivity contribution in [3.63, 3.8) is 0 Å². The zero-order valence-corrected chi connectivity index (χ0v) is 18.6. The Kier molecular flexibility index (Phi) is 9.03. The van der Waals surface area contributed by atoms with E-state index in [0.717, 1.165) is 0 Å². The van der Waals surface area contributed by atoms with Crippen molar-refractivity contribution >= 4 is 19.4 Å². The molecule has 9 nitrogen and oxygen atoms in total. The summed E-state index contributed by atoms with van der Waals surface area (Å²) in [4.78, 5) is 22.9. The average Bonchev–Trinajstić information content (AvgIpc) is 2.76. The highest BCUT2D eigenvalue weighted by atomic mass is 31.2. The summed E-state index contributed by atoms with van der Waals surface area (Å²) in [6, 6.07) is 12.5. The van der Waals surface area contributed by atoms with E-state index in [4.69, 9.17) is 13.8 Å². The van der Waals surface area contributed by atoms with Crippen molar-refractivity contribution in [1.29, 1.82) is 0 Å². The van der Waals surface area contributed by atoms with Gasteiger partial charge in [-0.3, -0.25) is 14.9 Å². The van der Waals surface area contributed by atoms with Crippen LogP contribution in [0.2, 0.25) is 0 Å². The Labute approximate surface area is 181 Å². The van der Waals surface area contributed by atoms with Crippen LogP contribution in [0.15, 0.2) is 54.6 Å². The van der Waals surface area contributed by atoms with Crippen LogP contribution in [0.25, 0.3) is 0 Å². The maximum absolute atomic E-state index is 13.6. The summed E-state index contributed by atoms with van der Waals surface area (Å²) in [7, 11) is -4.11. The monoisotopic (exact) mass is 450 g/mol. The number of carbonyl (C=O) groups excluding carboxylic acids is 1. The fraction of sp³-hybridized carbons (Fsp3) is 0.381. The lowest BCUT2D eigenvalue weighted by Crippen LogP contribution is -2.39. The van der Waals surface area contributed by atoms with Gasteiger partial charge in [0.05, 0.1) is 4.92 Å². The molecule has 0 saturated heterocycles. The molecule has 2 aromatic carbocycles. The number of esters is 1. The van der Waals surface area contributed by atoms with Gasteiger partial charge in [0.25, 0.3) is 5.69 Å². The van der Waals surface area contributed by atoms with Crippen LogP contribution in [-0.4, -0.2) is 23.0 Å². The third-order valence-corrected chi connectivity index (χ3v) is 5.97. The second kappa shape index (κ2) is 11.5. The topological polar surface area (TPSA) is 117 Å². The highest BCUT2D eigenvalue weighted by Crippen LogP contribution is 2.45. The summed E-state index contributed by atoms with van der Waals surface area (Å²) in [5.74, 6) is -0.204. The highest BCUT2D eigenvalue weighted by Gasteiger charge is 2.35. The minimum absolute atomic E-state index is 0.0839. The van der Waals surface area contributed by atoms with E-state index in [0.29, 0.717) is 12.8 Å². The molecule has 0 aromatic heterocycles. The number of non-ortho nitro benzene ring substituents is 1. The largest absolute Gasteiger partial charge is 0.513 e. The van der Waals surface area contributed by atoms with Crippen LogP contribution >= 0.6 is 7.75 Å². The number of hydrogen-bond acceptors (Lipinski definition) is 7. The van der Waals surface area contributed by atoms with Crippen LogP contribution in [0.4, 0.5) is 5.69 Å². The minimum Gasteiger partial charge on any atom is -0.461 e. The van der Waals surface area contributed by atoms with E-state index in [1.165, 1.54) is 24.3 Å². The van der Waals surface area contributed by atoms with E-state index in [1.807, 2.05) is 13.8 Å². The summed E-state index contributed by atoms with van der Waals surface area (Å²) in [5, 5.41) is 13.5. The Hall–Kier alpha value is -2.90. The quantitative estimate of drug-likeness (QED) is 0.201. The highest BCUT2D eigenvalue weighted by molar-refractivity contribution is 7.52. The van der Waals surface area contributed by atoms with Crippen molar-refractivity contribution < 1.29 is 28.1 Å². The molecule has 2 atom stereocenters. The fourth-order valence-electron chi connectivity index (χ4n) is 2.66. The van der Waals surface area contributed by atoms with Gasteiger partial charge in [0, 0.05) is 12.1 Å². The van der Waals surface area contributed by atoms with Crippen molar-refractivity contribution in [3.05, 3.63) is 64.7 Å². The van der Waals surface area contributed by atoms with Gasteiger partial charge in [0.1, 0.15) is 23.6 Å². The number of hydrogen-bond donors (Lipinski definition) is 1. The van der Waals surface area contributed by atoms with Crippen LogP contribution in [-0.2, 0) is 14.1 Å². The predicted octanol–water partition coefficient (Wildman–Crippen LogP) is 5.26. The van der Waals surface area contributed by atoms with E-state index in [1.54, 1.807) is 37.3 Å². The first-order valence-corrected chi connectivity index (χ1v) is 11.6. The molecule has 1 unspecified atom stereocenters. The maximum atomic E-state index is 13.6. The Morgan fingerprint density at radius 3 is 2.00 bits per heavy atom. The van der Waals surface area contributed by atoms with Crippen molar-refractivity contribution in [1.82, 2.24) is 5.09 Å². The SMILES string of the molecule is CCC(CC)OC(=O)[C@H](CC)NP(=O)(Oc1ccccc1)Oc1ccc([N+](=O)[O-])cc1. The minimum atomic E-state index is -4.11. The third-order valence-electron chi connectivity index (χ3n) is 4.44. The van der Waals surface area contributed by atoms with Crippen LogP contribution in [0, 0.1) is 10.1 Å². The van der Waals surface area contributed by atoms with Gasteiger partial charge >= 0.3 is 13.7 Å². The summed E-state index contributed by atoms with van der Waals surface area (Å²) in [6.07, 6.45) is 1.37. The second-order valence-electron chi connectivity index (χ2n) is 6.71. The first-order chi connectivity index (χ1) is 14.8. The molecule has 0 spiro atoms. The molecule has 0 aliphatic heterocycles. The zero-order chi connectivity index (χ0) is 22.9. The number of nitro groups is 1. The standard InChI is InChI=1S/C21H27N2O7P/c1-4-17(5-2)28-21(24)20(6-3)22-31(27,29-18-10-8-7-9-11-18)30-19-14-12-16(13-15-19)23(25)26/h7-15,17,20H,4-6H2,1-3H3,(H,22,27)/t20-,31?/m0/s1. The van der Waals surface area contributed by atoms with Gasteiger partial charge in [-0.1, -0.05) is 39.0 Å². The van der Waals surface area contributed by atoms with Gasteiger partial charge < -0.3 is 13.8 Å². The summed E-state index contributed by atoms with van der Waals surface area (Å²) < 4.78 is 30.2. The first-order valence-electron chi connectivity index (χ1n) is 10.1. The van der Waals surface area contributed by atoms with Gasteiger partial charge in [-0.05, 0) is 43.5 Å². The molecule has 31 heavy (non-hydrogen) atoms. The van der Waals surface area contributed by atoms with Crippen molar-refractivity contribution in [3.8, 4) is 11.5 Å². The van der Waals surface area contributed by atoms with Crippen LogP contribution in [0.3, 0.4) is 0 Å². The molecule has 0 aliphatic rings. The van der Waals surface area contributed by atoms with Crippen molar-refractivity contribution in [2.24, 2.45) is 0 Å². The maximum Gasteiger partial charge on any atom is 0.513 e. The van der Waals surface area contributed by atoms with Gasteiger partial charge in [-0.15, -0.1) is 0 Å². The van der Waals surface area contributed by atoms with E-state index in [9.17, 15) is 19.5 Å². The van der Waals surface area contributed by atoms with E-state index < -0.39 is 24.7 Å². The number of rotatable bonds is 12. The fourth-order valence-corrected chi connectivity index (χ4v) is 4.27. The molecule has 0 amide bonds.